The van der Waals surface area contributed by atoms with Gasteiger partial charge in [0.05, 0.1) is 23.1 Å². The molecule has 2 aromatic carbocycles. The molecule has 7 nitrogen and oxygen atoms in total. The maximum Gasteiger partial charge on any atom is 0.278 e. The van der Waals surface area contributed by atoms with Gasteiger partial charge < -0.3 is 5.11 Å². The number of rotatable bonds is 5. The number of hydrogen-bond donors (Lipinski definition) is 2. The molecule has 0 aliphatic heterocycles. The van der Waals surface area contributed by atoms with E-state index in [1.54, 1.807) is 24.3 Å². The molecule has 0 aliphatic rings. The largest absolute Gasteiger partial charge is 0.508 e. The molecule has 0 unspecified atom stereocenters. The zero-order chi connectivity index (χ0) is 15.9. The highest BCUT2D eigenvalue weighted by molar-refractivity contribution is 5.86. The van der Waals surface area contributed by atoms with Crippen LogP contribution in [0.4, 0.5) is 5.69 Å². The summed E-state index contributed by atoms with van der Waals surface area (Å²) < 4.78 is 0. The van der Waals surface area contributed by atoms with Crippen LogP contribution in [0.2, 0.25) is 0 Å². The predicted octanol–water partition coefficient (Wildman–Crippen LogP) is 1.99. The number of phenols is 1. The summed E-state index contributed by atoms with van der Waals surface area (Å²) in [5, 5.41) is 23.8. The van der Waals surface area contributed by atoms with Crippen LogP contribution in [-0.4, -0.2) is 22.2 Å². The van der Waals surface area contributed by atoms with Crippen molar-refractivity contribution in [2.24, 2.45) is 5.10 Å². The van der Waals surface area contributed by atoms with Crippen LogP contribution in [0.3, 0.4) is 0 Å². The molecular formula is C15H13N3O4. The van der Waals surface area contributed by atoms with Crippen molar-refractivity contribution in [1.29, 1.82) is 0 Å². The van der Waals surface area contributed by atoms with Crippen molar-refractivity contribution < 1.29 is 14.8 Å². The molecule has 2 N–H and O–H groups in total. The second-order valence-electron chi connectivity index (χ2n) is 4.46. The quantitative estimate of drug-likeness (QED) is 0.500. The number of nitro benzene ring substituents is 1. The second-order valence-corrected chi connectivity index (χ2v) is 4.46. The zero-order valence-corrected chi connectivity index (χ0v) is 11.5. The fraction of sp³-hybridized carbons (Fsp3) is 0.0667. The van der Waals surface area contributed by atoms with Gasteiger partial charge in [-0.25, -0.2) is 5.43 Å². The molecule has 22 heavy (non-hydrogen) atoms. The molecule has 0 radical (unpaired) electrons. The van der Waals surface area contributed by atoms with Gasteiger partial charge in [0.15, 0.2) is 0 Å². The summed E-state index contributed by atoms with van der Waals surface area (Å²) in [6, 6.07) is 12.4. The number of amides is 1. The summed E-state index contributed by atoms with van der Waals surface area (Å²) in [7, 11) is 0. The van der Waals surface area contributed by atoms with Gasteiger partial charge in [0, 0.05) is 6.07 Å². The van der Waals surface area contributed by atoms with Crippen molar-refractivity contribution in [2.75, 3.05) is 0 Å². The lowest BCUT2D eigenvalue weighted by Gasteiger charge is -2.01. The molecule has 0 bridgehead atoms. The van der Waals surface area contributed by atoms with Crippen LogP contribution in [0.15, 0.2) is 53.6 Å². The molecule has 1 amide bonds. The van der Waals surface area contributed by atoms with E-state index in [2.05, 4.69) is 10.5 Å². The Hall–Kier alpha value is -3.22. The first kappa shape index (κ1) is 15.2. The minimum Gasteiger partial charge on any atom is -0.508 e. The van der Waals surface area contributed by atoms with E-state index in [0.29, 0.717) is 11.1 Å². The standard InChI is InChI=1S/C15H13N3O4/c19-13-6-3-4-11(8-13)9-15(20)17-16-10-12-5-1-2-7-14(12)18(21)22/h1-8,10,19H,9H2,(H,17,20)/b16-10+. The van der Waals surface area contributed by atoms with Crippen LogP contribution < -0.4 is 5.43 Å². The van der Waals surface area contributed by atoms with Crippen molar-refractivity contribution in [1.82, 2.24) is 5.43 Å². The summed E-state index contributed by atoms with van der Waals surface area (Å²) >= 11 is 0. The van der Waals surface area contributed by atoms with E-state index in [1.807, 2.05) is 0 Å². The molecule has 0 fully saturated rings. The number of benzene rings is 2. The Labute approximate surface area is 126 Å². The van der Waals surface area contributed by atoms with Crippen LogP contribution >= 0.6 is 0 Å². The van der Waals surface area contributed by atoms with E-state index in [1.165, 1.54) is 30.5 Å². The number of nitrogens with one attached hydrogen (secondary N) is 1. The molecule has 0 atom stereocenters. The van der Waals surface area contributed by atoms with E-state index in [9.17, 15) is 20.0 Å². The van der Waals surface area contributed by atoms with Gasteiger partial charge in [0.2, 0.25) is 5.91 Å². The molecule has 0 heterocycles. The fourth-order valence-corrected chi connectivity index (χ4v) is 1.83. The minimum absolute atomic E-state index is 0.0443. The molecule has 0 saturated heterocycles. The first-order valence-corrected chi connectivity index (χ1v) is 6.39. The SMILES string of the molecule is O=C(Cc1cccc(O)c1)N/N=C/c1ccccc1[N+](=O)[O-]. The number of hydrazone groups is 1. The van der Waals surface area contributed by atoms with E-state index >= 15 is 0 Å². The van der Waals surface area contributed by atoms with Gasteiger partial charge in [-0.3, -0.25) is 14.9 Å². The molecule has 2 rings (SSSR count). The number of aromatic hydroxyl groups is 1. The third-order valence-electron chi connectivity index (χ3n) is 2.80. The predicted molar refractivity (Wildman–Crippen MR) is 80.6 cm³/mol. The number of para-hydroxylation sites is 1. The van der Waals surface area contributed by atoms with Crippen molar-refractivity contribution in [3.8, 4) is 5.75 Å². The van der Waals surface area contributed by atoms with E-state index in [-0.39, 0.29) is 23.8 Å². The van der Waals surface area contributed by atoms with Gasteiger partial charge in [-0.1, -0.05) is 24.3 Å². The van der Waals surface area contributed by atoms with Crippen LogP contribution in [0, 0.1) is 10.1 Å². The number of carbonyl (C=O) groups excluding carboxylic acids is 1. The lowest BCUT2D eigenvalue weighted by Crippen LogP contribution is -2.19. The number of nitrogens with zero attached hydrogens (tertiary/aromatic N) is 2. The normalized spacial score (nSPS) is 10.5. The monoisotopic (exact) mass is 299 g/mol. The van der Waals surface area contributed by atoms with Gasteiger partial charge in [-0.15, -0.1) is 0 Å². The lowest BCUT2D eigenvalue weighted by atomic mass is 10.1. The zero-order valence-electron chi connectivity index (χ0n) is 11.5. The Morgan fingerprint density at radius 3 is 2.77 bits per heavy atom. The average Bonchev–Trinajstić information content (AvgIpc) is 2.47. The Balaban J connectivity index is 1.98. The Bertz CT molecular complexity index is 728. The highest BCUT2D eigenvalue weighted by Gasteiger charge is 2.10. The fourth-order valence-electron chi connectivity index (χ4n) is 1.83. The highest BCUT2D eigenvalue weighted by atomic mass is 16.6. The van der Waals surface area contributed by atoms with Gasteiger partial charge in [0.25, 0.3) is 5.69 Å². The molecule has 2 aromatic rings. The Morgan fingerprint density at radius 2 is 2.05 bits per heavy atom. The maximum absolute atomic E-state index is 11.7. The Kier molecular flexibility index (Phi) is 4.81. The number of nitro groups is 1. The molecular weight excluding hydrogens is 286 g/mol. The lowest BCUT2D eigenvalue weighted by molar-refractivity contribution is -0.385. The second kappa shape index (κ2) is 6.98. The molecule has 112 valence electrons. The Morgan fingerprint density at radius 1 is 1.27 bits per heavy atom. The summed E-state index contributed by atoms with van der Waals surface area (Å²) in [4.78, 5) is 22.0. The third-order valence-corrected chi connectivity index (χ3v) is 2.80. The van der Waals surface area contributed by atoms with E-state index in [4.69, 9.17) is 0 Å². The molecule has 7 heteroatoms. The van der Waals surface area contributed by atoms with Crippen LogP contribution in [0.5, 0.6) is 5.75 Å². The van der Waals surface area contributed by atoms with Gasteiger partial charge in [0.1, 0.15) is 5.75 Å². The first-order chi connectivity index (χ1) is 10.6. The molecule has 0 aliphatic carbocycles. The summed E-state index contributed by atoms with van der Waals surface area (Å²) in [6.45, 7) is 0. The van der Waals surface area contributed by atoms with Gasteiger partial charge in [-0.2, -0.15) is 5.10 Å². The smallest absolute Gasteiger partial charge is 0.278 e. The minimum atomic E-state index is -0.518. The van der Waals surface area contributed by atoms with E-state index < -0.39 is 4.92 Å². The number of carbonyl (C=O) groups is 1. The maximum atomic E-state index is 11.7. The van der Waals surface area contributed by atoms with E-state index in [0.717, 1.165) is 0 Å². The van der Waals surface area contributed by atoms with Crippen molar-refractivity contribution in [3.05, 3.63) is 69.8 Å². The van der Waals surface area contributed by atoms with Crippen LogP contribution in [0.25, 0.3) is 0 Å². The van der Waals surface area contributed by atoms with Crippen molar-refractivity contribution in [2.45, 2.75) is 6.42 Å². The number of phenolic OH excluding ortho intramolecular Hbond substituents is 1. The van der Waals surface area contributed by atoms with Gasteiger partial charge in [-0.05, 0) is 23.8 Å². The molecule has 0 aromatic heterocycles. The summed E-state index contributed by atoms with van der Waals surface area (Å²) in [6.07, 6.45) is 1.27. The van der Waals surface area contributed by atoms with Crippen molar-refractivity contribution in [3.63, 3.8) is 0 Å². The third kappa shape index (κ3) is 4.14. The number of hydrogen-bond acceptors (Lipinski definition) is 5. The summed E-state index contributed by atoms with van der Waals surface area (Å²) in [5.41, 5.74) is 3.14. The van der Waals surface area contributed by atoms with Gasteiger partial charge >= 0.3 is 0 Å². The van der Waals surface area contributed by atoms with Crippen LogP contribution in [0.1, 0.15) is 11.1 Å². The topological polar surface area (TPSA) is 105 Å². The average molecular weight is 299 g/mol. The molecule has 0 spiro atoms. The summed E-state index contributed by atoms with van der Waals surface area (Å²) in [5.74, 6) is -0.311. The first-order valence-electron chi connectivity index (χ1n) is 6.39. The highest BCUT2D eigenvalue weighted by Crippen LogP contribution is 2.15. The van der Waals surface area contributed by atoms with Crippen molar-refractivity contribution >= 4 is 17.8 Å². The molecule has 0 saturated carbocycles. The van der Waals surface area contributed by atoms with Crippen LogP contribution in [-0.2, 0) is 11.2 Å².